The molecule has 2 unspecified atom stereocenters. The van der Waals surface area contributed by atoms with Crippen LogP contribution in [0.15, 0.2) is 48.1 Å². The molecule has 1 aliphatic carbocycles. The van der Waals surface area contributed by atoms with Gasteiger partial charge in [-0.3, -0.25) is 9.59 Å². The molecule has 1 aromatic rings. The van der Waals surface area contributed by atoms with E-state index in [-0.39, 0.29) is 25.1 Å². The van der Waals surface area contributed by atoms with Gasteiger partial charge in [-0.2, -0.15) is 11.8 Å². The molecule has 7 N–H and O–H groups in total. The van der Waals surface area contributed by atoms with Crippen LogP contribution in [0.5, 0.6) is 0 Å². The second kappa shape index (κ2) is 16.2. The average Bonchev–Trinajstić information content (AvgIpc) is 2.90. The molecule has 39 heavy (non-hydrogen) atoms. The molecule has 1 aromatic carbocycles. The number of benzene rings is 1. The first-order valence-corrected chi connectivity index (χ1v) is 15.1. The van der Waals surface area contributed by atoms with Crippen molar-refractivity contribution in [2.45, 2.75) is 56.3 Å². The molecule has 5 atom stereocenters. The summed E-state index contributed by atoms with van der Waals surface area (Å²) in [5, 5.41) is 14.9. The molecule has 0 aromatic heterocycles. The fourth-order valence-corrected chi connectivity index (χ4v) is 5.64. The van der Waals surface area contributed by atoms with Gasteiger partial charge in [0, 0.05) is 23.2 Å². The molecule has 0 saturated carbocycles. The first-order chi connectivity index (χ1) is 18.6. The minimum Gasteiger partial charge on any atom is -0.480 e. The summed E-state index contributed by atoms with van der Waals surface area (Å²) >= 11 is 13.6. The summed E-state index contributed by atoms with van der Waals surface area (Å²) in [5.74, 6) is -1.73. The van der Waals surface area contributed by atoms with E-state index in [4.69, 9.17) is 34.7 Å². The maximum Gasteiger partial charge on any atom is 0.326 e. The van der Waals surface area contributed by atoms with Gasteiger partial charge in [0.15, 0.2) is 0 Å². The minimum atomic E-state index is -1.17. The molecule has 0 heterocycles. The van der Waals surface area contributed by atoms with E-state index in [0.29, 0.717) is 30.0 Å². The van der Waals surface area contributed by atoms with Gasteiger partial charge in [0.25, 0.3) is 0 Å². The maximum absolute atomic E-state index is 13.5. The highest BCUT2D eigenvalue weighted by molar-refractivity contribution is 7.98. The van der Waals surface area contributed by atoms with Crippen molar-refractivity contribution in [3.8, 4) is 0 Å². The second-order valence-corrected chi connectivity index (χ2v) is 11.3. The van der Waals surface area contributed by atoms with Crippen molar-refractivity contribution < 1.29 is 23.9 Å². The summed E-state index contributed by atoms with van der Waals surface area (Å²) in [6.45, 7) is 0. The number of nitrogens with two attached hydrogens (primary N) is 2. The SMILES string of the molecule is CSCC[C@H](NC(=O)[C@H](CC1(CCCl)C=CC=C(CCCl)C1N)NC(=O)[C@@H](N)Cc1ccc(F)cc1)C(=O)O. The normalized spacial score (nSPS) is 21.0. The van der Waals surface area contributed by atoms with Crippen LogP contribution in [0.3, 0.4) is 0 Å². The van der Waals surface area contributed by atoms with Gasteiger partial charge in [0.1, 0.15) is 17.9 Å². The van der Waals surface area contributed by atoms with Crippen LogP contribution in [0.25, 0.3) is 0 Å². The van der Waals surface area contributed by atoms with Crippen LogP contribution in [0, 0.1) is 11.2 Å². The molecule has 12 heteroatoms. The van der Waals surface area contributed by atoms with Crippen LogP contribution >= 0.6 is 35.0 Å². The van der Waals surface area contributed by atoms with Gasteiger partial charge >= 0.3 is 5.97 Å². The average molecular weight is 604 g/mol. The summed E-state index contributed by atoms with van der Waals surface area (Å²) in [7, 11) is 0. The topological polar surface area (TPSA) is 148 Å². The van der Waals surface area contributed by atoms with Crippen molar-refractivity contribution in [1.82, 2.24) is 10.6 Å². The number of aliphatic carboxylic acids is 1. The number of allylic oxidation sites excluding steroid dienone is 2. The van der Waals surface area contributed by atoms with Crippen molar-refractivity contribution in [2.24, 2.45) is 16.9 Å². The molecule has 0 fully saturated rings. The Bertz CT molecular complexity index is 1040. The Morgan fingerprint density at radius 2 is 1.79 bits per heavy atom. The molecule has 1 aliphatic rings. The van der Waals surface area contributed by atoms with Crippen LogP contribution in [0.4, 0.5) is 4.39 Å². The monoisotopic (exact) mass is 602 g/mol. The van der Waals surface area contributed by atoms with Gasteiger partial charge in [-0.15, -0.1) is 23.2 Å². The Hall–Kier alpha value is -2.11. The smallest absolute Gasteiger partial charge is 0.326 e. The molecule has 8 nitrogen and oxygen atoms in total. The Morgan fingerprint density at radius 3 is 2.38 bits per heavy atom. The largest absolute Gasteiger partial charge is 0.480 e. The molecule has 2 amide bonds. The quantitative estimate of drug-likeness (QED) is 0.183. The molecule has 0 bridgehead atoms. The van der Waals surface area contributed by atoms with Crippen LogP contribution in [-0.4, -0.2) is 70.8 Å². The van der Waals surface area contributed by atoms with E-state index in [2.05, 4.69) is 10.6 Å². The molecule has 0 saturated heterocycles. The fourth-order valence-electron chi connectivity index (χ4n) is 4.60. The number of carboxylic acid groups (broad SMARTS) is 1. The lowest BCUT2D eigenvalue weighted by Crippen LogP contribution is -2.58. The van der Waals surface area contributed by atoms with Gasteiger partial charge in [0.05, 0.1) is 6.04 Å². The minimum absolute atomic E-state index is 0.0622. The number of thioether (sulfide) groups is 1. The molecular formula is C27H37Cl2FN4O4S. The zero-order chi connectivity index (χ0) is 29.0. The van der Waals surface area contributed by atoms with Crippen LogP contribution < -0.4 is 22.1 Å². The molecule has 0 radical (unpaired) electrons. The predicted molar refractivity (Wildman–Crippen MR) is 155 cm³/mol. The van der Waals surface area contributed by atoms with E-state index in [0.717, 1.165) is 5.57 Å². The van der Waals surface area contributed by atoms with Crippen LogP contribution in [0.1, 0.15) is 31.2 Å². The van der Waals surface area contributed by atoms with Gasteiger partial charge in [-0.1, -0.05) is 35.9 Å². The number of hydrogen-bond donors (Lipinski definition) is 5. The molecule has 0 aliphatic heterocycles. The highest BCUT2D eigenvalue weighted by Crippen LogP contribution is 2.40. The first-order valence-electron chi connectivity index (χ1n) is 12.6. The fraction of sp³-hybridized carbons (Fsp3) is 0.519. The Labute approximate surface area is 243 Å². The van der Waals surface area contributed by atoms with E-state index in [1.165, 1.54) is 36.0 Å². The summed E-state index contributed by atoms with van der Waals surface area (Å²) in [4.78, 5) is 38.5. The zero-order valence-electron chi connectivity index (χ0n) is 21.9. The third-order valence-electron chi connectivity index (χ3n) is 6.85. The summed E-state index contributed by atoms with van der Waals surface area (Å²) in [5.41, 5.74) is 13.5. The first kappa shape index (κ1) is 33.1. The van der Waals surface area contributed by atoms with E-state index in [1.54, 1.807) is 0 Å². The standard InChI is InChI=1S/C27H37Cl2FN4O4S/c1-39-14-9-21(26(37)38)33-25(36)22(34-24(35)20(31)15-17-4-6-19(30)7-5-17)16-27(11-13-29)10-2-3-18(8-12-28)23(27)32/h2-7,10,20-23H,8-9,11-16,31-32H2,1H3,(H,33,36)(H,34,35)(H,37,38)/t20-,21-,22-,23?,27?/m0/s1. The predicted octanol–water partition coefficient (Wildman–Crippen LogP) is 2.96. The lowest BCUT2D eigenvalue weighted by atomic mass is 9.68. The Balaban J connectivity index is 2.33. The second-order valence-electron chi connectivity index (χ2n) is 9.57. The third-order valence-corrected chi connectivity index (χ3v) is 7.87. The summed E-state index contributed by atoms with van der Waals surface area (Å²) in [6.07, 6.45) is 8.77. The highest BCUT2D eigenvalue weighted by atomic mass is 35.5. The number of carboxylic acids is 1. The maximum atomic E-state index is 13.5. The number of halogens is 3. The van der Waals surface area contributed by atoms with E-state index in [9.17, 15) is 23.9 Å². The number of carbonyl (C=O) groups excluding carboxylic acids is 2. The number of rotatable bonds is 16. The summed E-state index contributed by atoms with van der Waals surface area (Å²) < 4.78 is 13.3. The van der Waals surface area contributed by atoms with Gasteiger partial charge in [-0.05, 0) is 61.8 Å². The molecular weight excluding hydrogens is 566 g/mol. The molecule has 0 spiro atoms. The summed E-state index contributed by atoms with van der Waals surface area (Å²) in [6, 6.07) is 1.76. The van der Waals surface area contributed by atoms with E-state index in [1.807, 2.05) is 24.5 Å². The zero-order valence-corrected chi connectivity index (χ0v) is 24.2. The van der Waals surface area contributed by atoms with Crippen LogP contribution in [-0.2, 0) is 20.8 Å². The number of alkyl halides is 2. The molecule has 2 rings (SSSR count). The number of nitrogens with one attached hydrogen (secondary N) is 2. The van der Waals surface area contributed by atoms with E-state index < -0.39 is 53.2 Å². The number of amides is 2. The number of hydrogen-bond acceptors (Lipinski definition) is 6. The van der Waals surface area contributed by atoms with Crippen molar-refractivity contribution in [3.05, 3.63) is 59.4 Å². The highest BCUT2D eigenvalue weighted by Gasteiger charge is 2.42. The van der Waals surface area contributed by atoms with Gasteiger partial charge in [-0.25, -0.2) is 9.18 Å². The Kier molecular flexibility index (Phi) is 13.8. The number of carbonyl (C=O) groups is 3. The Morgan fingerprint density at radius 1 is 1.13 bits per heavy atom. The molecule has 216 valence electrons. The van der Waals surface area contributed by atoms with Crippen molar-refractivity contribution in [3.63, 3.8) is 0 Å². The third kappa shape index (κ3) is 9.79. The van der Waals surface area contributed by atoms with E-state index >= 15 is 0 Å². The van der Waals surface area contributed by atoms with Crippen molar-refractivity contribution >= 4 is 52.7 Å². The van der Waals surface area contributed by atoms with Crippen LogP contribution in [0.2, 0.25) is 0 Å². The van der Waals surface area contributed by atoms with Crippen molar-refractivity contribution in [2.75, 3.05) is 23.8 Å². The lowest BCUT2D eigenvalue weighted by Gasteiger charge is -2.41. The lowest BCUT2D eigenvalue weighted by molar-refractivity contribution is -0.142. The van der Waals surface area contributed by atoms with Gasteiger partial charge < -0.3 is 27.2 Å². The van der Waals surface area contributed by atoms with Gasteiger partial charge in [0.2, 0.25) is 11.8 Å². The van der Waals surface area contributed by atoms with Crippen molar-refractivity contribution in [1.29, 1.82) is 0 Å².